The molecule has 0 spiro atoms. The standard InChI is InChI=1S/C14H17ClN2OS/c15-9-6-7-10-12(8-9)17(14(19)16-10)11-4-2-1-3-5-13(11)18/h6-8,11,13,18H,1-5H2,(H,16,19). The quantitative estimate of drug-likeness (QED) is 0.611. The second kappa shape index (κ2) is 5.27. The number of aromatic nitrogens is 2. The van der Waals surface area contributed by atoms with E-state index in [1.807, 2.05) is 22.8 Å². The molecule has 19 heavy (non-hydrogen) atoms. The molecule has 1 aromatic heterocycles. The number of H-pyrrole nitrogens is 1. The molecule has 1 saturated carbocycles. The van der Waals surface area contributed by atoms with E-state index >= 15 is 0 Å². The summed E-state index contributed by atoms with van der Waals surface area (Å²) in [5.41, 5.74) is 1.97. The number of aliphatic hydroxyl groups is 1. The van der Waals surface area contributed by atoms with Gasteiger partial charge in [0, 0.05) is 5.02 Å². The van der Waals surface area contributed by atoms with E-state index in [0.717, 1.165) is 36.7 Å². The van der Waals surface area contributed by atoms with Crippen LogP contribution in [0, 0.1) is 4.77 Å². The molecular weight excluding hydrogens is 280 g/mol. The first-order chi connectivity index (χ1) is 9.16. The Morgan fingerprint density at radius 2 is 2.05 bits per heavy atom. The van der Waals surface area contributed by atoms with Crippen molar-refractivity contribution < 1.29 is 5.11 Å². The molecule has 2 N–H and O–H groups in total. The highest BCUT2D eigenvalue weighted by atomic mass is 35.5. The molecular formula is C14H17ClN2OS. The molecule has 0 bridgehead atoms. The highest BCUT2D eigenvalue weighted by Gasteiger charge is 2.25. The van der Waals surface area contributed by atoms with Crippen LogP contribution in [0.25, 0.3) is 11.0 Å². The van der Waals surface area contributed by atoms with Crippen LogP contribution >= 0.6 is 23.8 Å². The Bertz CT molecular complexity index is 648. The van der Waals surface area contributed by atoms with Gasteiger partial charge in [-0.1, -0.05) is 30.9 Å². The number of hydrogen-bond acceptors (Lipinski definition) is 2. The van der Waals surface area contributed by atoms with Gasteiger partial charge in [-0.05, 0) is 43.3 Å². The van der Waals surface area contributed by atoms with Gasteiger partial charge in [0.15, 0.2) is 4.77 Å². The number of nitrogens with one attached hydrogen (secondary N) is 1. The average molecular weight is 297 g/mol. The normalized spacial score (nSPS) is 24.5. The molecule has 0 aliphatic heterocycles. The average Bonchev–Trinajstić information content (AvgIpc) is 2.55. The fourth-order valence-electron chi connectivity index (χ4n) is 2.99. The summed E-state index contributed by atoms with van der Waals surface area (Å²) in [6.07, 6.45) is 4.90. The van der Waals surface area contributed by atoms with E-state index in [2.05, 4.69) is 4.98 Å². The third kappa shape index (κ3) is 2.45. The maximum Gasteiger partial charge on any atom is 0.178 e. The second-order valence-corrected chi connectivity index (χ2v) is 6.06. The van der Waals surface area contributed by atoms with Gasteiger partial charge in [0.2, 0.25) is 0 Å². The van der Waals surface area contributed by atoms with Crippen LogP contribution < -0.4 is 0 Å². The fourth-order valence-corrected chi connectivity index (χ4v) is 3.50. The molecule has 1 fully saturated rings. The maximum absolute atomic E-state index is 10.4. The highest BCUT2D eigenvalue weighted by Crippen LogP contribution is 2.31. The van der Waals surface area contributed by atoms with Gasteiger partial charge >= 0.3 is 0 Å². The Morgan fingerprint density at radius 1 is 1.26 bits per heavy atom. The summed E-state index contributed by atoms with van der Waals surface area (Å²) in [6.45, 7) is 0. The van der Waals surface area contributed by atoms with Crippen LogP contribution in [0.15, 0.2) is 18.2 Å². The lowest BCUT2D eigenvalue weighted by atomic mass is 10.1. The molecule has 0 amide bonds. The number of imidazole rings is 1. The number of aromatic amines is 1. The summed E-state index contributed by atoms with van der Waals surface area (Å²) in [4.78, 5) is 3.20. The Balaban J connectivity index is 2.15. The molecule has 1 aromatic carbocycles. The number of nitrogens with zero attached hydrogens (tertiary/aromatic N) is 1. The topological polar surface area (TPSA) is 41.0 Å². The van der Waals surface area contributed by atoms with Crippen LogP contribution in [0.3, 0.4) is 0 Å². The number of fused-ring (bicyclic) bond motifs is 1. The fraction of sp³-hybridized carbons (Fsp3) is 0.500. The van der Waals surface area contributed by atoms with Crippen molar-refractivity contribution in [1.82, 2.24) is 9.55 Å². The zero-order chi connectivity index (χ0) is 13.4. The van der Waals surface area contributed by atoms with Crippen LogP contribution in [0.2, 0.25) is 5.02 Å². The van der Waals surface area contributed by atoms with E-state index < -0.39 is 0 Å². The van der Waals surface area contributed by atoms with E-state index in [0.29, 0.717) is 9.79 Å². The Morgan fingerprint density at radius 3 is 2.89 bits per heavy atom. The molecule has 102 valence electrons. The van der Waals surface area contributed by atoms with E-state index in [-0.39, 0.29) is 12.1 Å². The smallest absolute Gasteiger partial charge is 0.178 e. The molecule has 2 unspecified atom stereocenters. The largest absolute Gasteiger partial charge is 0.391 e. The van der Waals surface area contributed by atoms with Crippen LogP contribution in [0.1, 0.15) is 38.1 Å². The van der Waals surface area contributed by atoms with Crippen LogP contribution in [0.4, 0.5) is 0 Å². The van der Waals surface area contributed by atoms with Gasteiger partial charge in [-0.2, -0.15) is 0 Å². The van der Waals surface area contributed by atoms with Crippen molar-refractivity contribution in [3.8, 4) is 0 Å². The summed E-state index contributed by atoms with van der Waals surface area (Å²) in [5, 5.41) is 11.1. The van der Waals surface area contributed by atoms with Gasteiger partial charge in [0.05, 0.1) is 23.2 Å². The lowest BCUT2D eigenvalue weighted by Crippen LogP contribution is -2.23. The number of benzene rings is 1. The predicted octanol–water partition coefficient (Wildman–Crippen LogP) is 4.22. The van der Waals surface area contributed by atoms with E-state index in [9.17, 15) is 5.11 Å². The van der Waals surface area contributed by atoms with Gasteiger partial charge in [-0.25, -0.2) is 0 Å². The third-order valence-electron chi connectivity index (χ3n) is 3.96. The van der Waals surface area contributed by atoms with Crippen molar-refractivity contribution in [1.29, 1.82) is 0 Å². The summed E-state index contributed by atoms with van der Waals surface area (Å²) in [5.74, 6) is 0. The minimum absolute atomic E-state index is 0.0576. The Kier molecular flexibility index (Phi) is 3.65. The zero-order valence-electron chi connectivity index (χ0n) is 10.6. The van der Waals surface area contributed by atoms with Crippen molar-refractivity contribution in [2.24, 2.45) is 0 Å². The first-order valence-electron chi connectivity index (χ1n) is 6.74. The molecule has 1 aliphatic rings. The third-order valence-corrected chi connectivity index (χ3v) is 4.49. The number of hydrogen-bond donors (Lipinski definition) is 2. The first kappa shape index (κ1) is 13.2. The zero-order valence-corrected chi connectivity index (χ0v) is 12.2. The lowest BCUT2D eigenvalue weighted by Gasteiger charge is -2.22. The minimum Gasteiger partial charge on any atom is -0.391 e. The van der Waals surface area contributed by atoms with Crippen molar-refractivity contribution in [2.75, 3.05) is 0 Å². The number of rotatable bonds is 1. The monoisotopic (exact) mass is 296 g/mol. The summed E-state index contributed by atoms with van der Waals surface area (Å²) in [7, 11) is 0. The molecule has 3 nitrogen and oxygen atoms in total. The molecule has 0 saturated heterocycles. The second-order valence-electron chi connectivity index (χ2n) is 5.23. The molecule has 5 heteroatoms. The van der Waals surface area contributed by atoms with Crippen molar-refractivity contribution in [3.63, 3.8) is 0 Å². The van der Waals surface area contributed by atoms with E-state index in [1.165, 1.54) is 6.42 Å². The van der Waals surface area contributed by atoms with E-state index in [1.54, 1.807) is 0 Å². The predicted molar refractivity (Wildman–Crippen MR) is 80.3 cm³/mol. The summed E-state index contributed by atoms with van der Waals surface area (Å²) in [6, 6.07) is 5.76. The van der Waals surface area contributed by atoms with Gasteiger partial charge in [0.1, 0.15) is 0 Å². The SMILES string of the molecule is OC1CCCCCC1n1c(=S)[nH]c2ccc(Cl)cc21. The molecule has 3 rings (SSSR count). The highest BCUT2D eigenvalue weighted by molar-refractivity contribution is 7.71. The molecule has 1 heterocycles. The van der Waals surface area contributed by atoms with Gasteiger partial charge in [-0.15, -0.1) is 0 Å². The van der Waals surface area contributed by atoms with Gasteiger partial charge in [-0.3, -0.25) is 0 Å². The van der Waals surface area contributed by atoms with Crippen molar-refractivity contribution in [3.05, 3.63) is 28.0 Å². The Labute approximate surface area is 122 Å². The number of aliphatic hydroxyl groups excluding tert-OH is 1. The number of halogens is 1. The van der Waals surface area contributed by atoms with Crippen molar-refractivity contribution >= 4 is 34.9 Å². The minimum atomic E-state index is -0.327. The molecule has 1 aliphatic carbocycles. The van der Waals surface area contributed by atoms with Gasteiger partial charge in [0.25, 0.3) is 0 Å². The first-order valence-corrected chi connectivity index (χ1v) is 7.53. The van der Waals surface area contributed by atoms with E-state index in [4.69, 9.17) is 23.8 Å². The maximum atomic E-state index is 10.4. The molecule has 2 atom stereocenters. The summed E-state index contributed by atoms with van der Waals surface area (Å²) < 4.78 is 2.72. The van der Waals surface area contributed by atoms with Crippen molar-refractivity contribution in [2.45, 2.75) is 44.2 Å². The lowest BCUT2D eigenvalue weighted by molar-refractivity contribution is 0.107. The van der Waals surface area contributed by atoms with Crippen LogP contribution in [0.5, 0.6) is 0 Å². The molecule has 2 aromatic rings. The summed E-state index contributed by atoms with van der Waals surface area (Å²) >= 11 is 11.5. The van der Waals surface area contributed by atoms with Crippen LogP contribution in [-0.4, -0.2) is 20.8 Å². The molecule has 0 radical (unpaired) electrons. The van der Waals surface area contributed by atoms with Gasteiger partial charge < -0.3 is 14.7 Å². The Hall–Kier alpha value is -0.840. The van der Waals surface area contributed by atoms with Crippen LogP contribution in [-0.2, 0) is 0 Å².